The molecule has 1 aromatic rings. The molecule has 13 heteroatoms. The molecule has 0 aliphatic rings. The van der Waals surface area contributed by atoms with E-state index >= 15 is 0 Å². The summed E-state index contributed by atoms with van der Waals surface area (Å²) in [7, 11) is 0. The smallest absolute Gasteiger partial charge is 0.253 e. The maximum absolute atomic E-state index is 12.6. The molecule has 0 heterocycles. The van der Waals surface area contributed by atoms with Gasteiger partial charge in [-0.2, -0.15) is 0 Å². The first-order valence-electron chi connectivity index (χ1n) is 8.24. The molecule has 29 heavy (non-hydrogen) atoms. The van der Waals surface area contributed by atoms with E-state index in [-0.39, 0.29) is 24.2 Å². The van der Waals surface area contributed by atoms with Gasteiger partial charge in [0.05, 0.1) is 46.8 Å². The van der Waals surface area contributed by atoms with E-state index in [0.29, 0.717) is 16.3 Å². The minimum Gasteiger partial charge on any atom is -0.394 e. The van der Waals surface area contributed by atoms with Crippen LogP contribution in [0.3, 0.4) is 0 Å². The fraction of sp³-hybridized carbons (Fsp3) is 0.500. The molecule has 8 N–H and O–H groups in total. The maximum Gasteiger partial charge on any atom is 0.253 e. The Morgan fingerprint density at radius 2 is 1.48 bits per heavy atom. The summed E-state index contributed by atoms with van der Waals surface area (Å²) in [5.74, 6) is -1.43. The molecule has 3 unspecified atom stereocenters. The Hall–Kier alpha value is 0.110. The Morgan fingerprint density at radius 3 is 2.00 bits per heavy atom. The third-order valence-electron chi connectivity index (χ3n) is 3.76. The van der Waals surface area contributed by atoms with Crippen molar-refractivity contribution in [2.75, 3.05) is 25.1 Å². The summed E-state index contributed by atoms with van der Waals surface area (Å²) in [6, 6.07) is 0. The van der Waals surface area contributed by atoms with Crippen LogP contribution in [0, 0.1) is 10.7 Å². The van der Waals surface area contributed by atoms with E-state index in [1.165, 1.54) is 0 Å². The highest BCUT2D eigenvalue weighted by Crippen LogP contribution is 2.36. The molecule has 1 rings (SSSR count). The summed E-state index contributed by atoms with van der Waals surface area (Å²) >= 11 is 5.64. The number of hydrogen-bond donors (Lipinski definition) is 8. The molecule has 2 amide bonds. The van der Waals surface area contributed by atoms with E-state index in [1.807, 2.05) is 67.8 Å². The summed E-state index contributed by atoms with van der Waals surface area (Å²) < 4.78 is 1.26. The molecule has 0 fully saturated rings. The molecule has 0 bridgehead atoms. The van der Waals surface area contributed by atoms with Crippen LogP contribution >= 0.6 is 67.8 Å². The number of benzene rings is 1. The van der Waals surface area contributed by atoms with Crippen LogP contribution in [-0.4, -0.2) is 80.5 Å². The first-order chi connectivity index (χ1) is 13.6. The van der Waals surface area contributed by atoms with Gasteiger partial charge in [0.2, 0.25) is 0 Å². The molecular weight excluding hydrogens is 729 g/mol. The number of hydrogen-bond acceptors (Lipinski definition) is 8. The van der Waals surface area contributed by atoms with E-state index in [4.69, 9.17) is 10.2 Å². The van der Waals surface area contributed by atoms with Gasteiger partial charge in [-0.25, -0.2) is 0 Å². The lowest BCUT2D eigenvalue weighted by Crippen LogP contribution is -2.36. The Bertz CT molecular complexity index is 750. The highest BCUT2D eigenvalue weighted by Gasteiger charge is 2.27. The second kappa shape index (κ2) is 12.8. The van der Waals surface area contributed by atoms with Crippen molar-refractivity contribution >= 4 is 85.3 Å². The van der Waals surface area contributed by atoms with Gasteiger partial charge >= 0.3 is 0 Å². The molecule has 0 saturated carbocycles. The number of nitrogens with one attached hydrogen (secondary N) is 2. The number of anilines is 1. The monoisotopic (exact) mass is 750 g/mol. The van der Waals surface area contributed by atoms with Gasteiger partial charge in [0.25, 0.3) is 11.8 Å². The number of aliphatic hydroxyl groups excluding tert-OH is 6. The van der Waals surface area contributed by atoms with Crippen LogP contribution in [0.4, 0.5) is 5.69 Å². The molecule has 0 aliphatic carbocycles. The van der Waals surface area contributed by atoms with Crippen molar-refractivity contribution in [1.82, 2.24) is 5.32 Å². The highest BCUT2D eigenvalue weighted by molar-refractivity contribution is 14.1. The van der Waals surface area contributed by atoms with Crippen LogP contribution in [0.2, 0.25) is 0 Å². The predicted octanol–water partition coefficient (Wildman–Crippen LogP) is -0.882. The maximum atomic E-state index is 12.6. The number of carbonyl (C=O) groups is 2. The quantitative estimate of drug-likeness (QED) is 0.142. The Kier molecular flexibility index (Phi) is 12.0. The number of rotatable bonds is 10. The number of aliphatic hydroxyl groups is 6. The van der Waals surface area contributed by atoms with Gasteiger partial charge in [0.1, 0.15) is 6.10 Å². The van der Waals surface area contributed by atoms with Gasteiger partial charge in [-0.1, -0.05) is 0 Å². The zero-order valence-corrected chi connectivity index (χ0v) is 21.4. The van der Waals surface area contributed by atoms with Crippen LogP contribution < -0.4 is 10.6 Å². The second-order valence-corrected chi connectivity index (χ2v) is 9.19. The molecule has 10 nitrogen and oxygen atoms in total. The molecule has 0 aliphatic heterocycles. The summed E-state index contributed by atoms with van der Waals surface area (Å²) in [5.41, 5.74) is 0.742. The standard InChI is InChI=1S/C16H21I3N2O8/c17-11-8(5-24)12(18)14(21-15(28)9(27)1-6(25)3-22)13(19)10(11)16(29)20-2-7(26)4-23/h6-7,9,22-27H,1-5H2,(H,20,29)(H,21,28). The normalized spacial score (nSPS) is 14.2. The van der Waals surface area contributed by atoms with Gasteiger partial charge in [-0.15, -0.1) is 0 Å². The zero-order chi connectivity index (χ0) is 22.3. The van der Waals surface area contributed by atoms with Crippen molar-refractivity contribution < 1.29 is 40.2 Å². The van der Waals surface area contributed by atoms with Crippen LogP contribution in [0.1, 0.15) is 22.3 Å². The molecule has 0 radical (unpaired) electrons. The van der Waals surface area contributed by atoms with Gasteiger partial charge in [0.15, 0.2) is 0 Å². The van der Waals surface area contributed by atoms with E-state index in [2.05, 4.69) is 10.6 Å². The van der Waals surface area contributed by atoms with Crippen molar-refractivity contribution in [3.05, 3.63) is 21.8 Å². The summed E-state index contributed by atoms with van der Waals surface area (Å²) in [6.07, 6.45) is -4.38. The molecule has 0 spiro atoms. The van der Waals surface area contributed by atoms with E-state index in [9.17, 15) is 30.0 Å². The summed E-state index contributed by atoms with van der Waals surface area (Å²) in [4.78, 5) is 24.9. The fourth-order valence-electron chi connectivity index (χ4n) is 2.17. The first-order valence-corrected chi connectivity index (χ1v) is 11.5. The van der Waals surface area contributed by atoms with E-state index in [0.717, 1.165) is 0 Å². The van der Waals surface area contributed by atoms with Crippen molar-refractivity contribution in [2.24, 2.45) is 0 Å². The minimum atomic E-state index is -1.60. The molecule has 164 valence electrons. The van der Waals surface area contributed by atoms with Gasteiger partial charge in [0, 0.05) is 25.7 Å². The van der Waals surface area contributed by atoms with Gasteiger partial charge < -0.3 is 41.3 Å². The third kappa shape index (κ3) is 7.34. The minimum absolute atomic E-state index is 0.154. The average Bonchev–Trinajstić information content (AvgIpc) is 2.69. The lowest BCUT2D eigenvalue weighted by molar-refractivity contribution is -0.125. The third-order valence-corrected chi connectivity index (χ3v) is 7.22. The SMILES string of the molecule is O=C(NCC(O)CO)c1c(I)c(CO)c(I)c(NC(=O)C(O)CC(O)CO)c1I. The van der Waals surface area contributed by atoms with Crippen molar-refractivity contribution in [3.8, 4) is 0 Å². The number of carbonyl (C=O) groups excluding carboxylic acids is 2. The van der Waals surface area contributed by atoms with Crippen molar-refractivity contribution in [1.29, 1.82) is 0 Å². The van der Waals surface area contributed by atoms with Crippen molar-refractivity contribution in [2.45, 2.75) is 31.3 Å². The van der Waals surface area contributed by atoms with Crippen LogP contribution in [0.25, 0.3) is 0 Å². The largest absolute Gasteiger partial charge is 0.394 e. The topological polar surface area (TPSA) is 180 Å². The Balaban J connectivity index is 3.27. The van der Waals surface area contributed by atoms with Gasteiger partial charge in [-0.3, -0.25) is 9.59 Å². The number of amides is 2. The molecule has 0 saturated heterocycles. The zero-order valence-electron chi connectivity index (χ0n) is 14.9. The first kappa shape index (κ1) is 27.1. The number of halogens is 3. The van der Waals surface area contributed by atoms with Crippen LogP contribution in [0.5, 0.6) is 0 Å². The van der Waals surface area contributed by atoms with Crippen LogP contribution in [0.15, 0.2) is 0 Å². The highest BCUT2D eigenvalue weighted by atomic mass is 127. The van der Waals surface area contributed by atoms with E-state index < -0.39 is 49.9 Å². The van der Waals surface area contributed by atoms with Crippen LogP contribution in [-0.2, 0) is 11.4 Å². The van der Waals surface area contributed by atoms with E-state index in [1.54, 1.807) is 0 Å². The summed E-state index contributed by atoms with van der Waals surface area (Å²) in [6.45, 7) is -1.74. The predicted molar refractivity (Wildman–Crippen MR) is 128 cm³/mol. The van der Waals surface area contributed by atoms with Gasteiger partial charge in [-0.05, 0) is 67.8 Å². The lowest BCUT2D eigenvalue weighted by Gasteiger charge is -2.21. The molecule has 0 aromatic heterocycles. The molecule has 1 aromatic carbocycles. The second-order valence-electron chi connectivity index (χ2n) is 5.95. The fourth-order valence-corrected chi connectivity index (χ4v) is 6.44. The molecule has 3 atom stereocenters. The Labute approximate surface area is 207 Å². The lowest BCUT2D eigenvalue weighted by atomic mass is 10.1. The Morgan fingerprint density at radius 1 is 0.897 bits per heavy atom. The summed E-state index contributed by atoms with van der Waals surface area (Å²) in [5, 5.41) is 61.2. The van der Waals surface area contributed by atoms with Crippen molar-refractivity contribution in [3.63, 3.8) is 0 Å². The molecular formula is C16H21I3N2O8. The average molecular weight is 750 g/mol.